The van der Waals surface area contributed by atoms with E-state index >= 15 is 0 Å². The lowest BCUT2D eigenvalue weighted by Gasteiger charge is -2.26. The molecule has 6 heteroatoms. The second-order valence-electron chi connectivity index (χ2n) is 6.03. The molecule has 0 saturated carbocycles. The summed E-state index contributed by atoms with van der Waals surface area (Å²) in [5.74, 6) is -1.13. The molecule has 0 aliphatic carbocycles. The van der Waals surface area contributed by atoms with Crippen LogP contribution in [0.25, 0.3) is 0 Å². The molecule has 1 rings (SSSR count). The maximum atomic E-state index is 12.4. The van der Waals surface area contributed by atoms with Crippen LogP contribution >= 0.6 is 0 Å². The van der Waals surface area contributed by atoms with E-state index in [0.29, 0.717) is 18.4 Å². The molecule has 2 N–H and O–H groups in total. The zero-order chi connectivity index (χ0) is 17.6. The molecule has 0 atom stereocenters. The Morgan fingerprint density at radius 3 is 2.26 bits per heavy atom. The number of aromatic nitrogens is 2. The molecule has 0 aromatic carbocycles. The maximum absolute atomic E-state index is 12.4. The Bertz CT molecular complexity index is 543. The summed E-state index contributed by atoms with van der Waals surface area (Å²) in [5, 5.41) is 16.6. The van der Waals surface area contributed by atoms with Crippen molar-refractivity contribution in [2.75, 3.05) is 6.54 Å². The second-order valence-corrected chi connectivity index (χ2v) is 6.03. The molecular weight excluding hydrogens is 294 g/mol. The van der Waals surface area contributed by atoms with Crippen LogP contribution in [0.1, 0.15) is 75.5 Å². The van der Waals surface area contributed by atoms with Crippen molar-refractivity contribution in [1.82, 2.24) is 15.1 Å². The van der Waals surface area contributed by atoms with Crippen LogP contribution in [-0.2, 0) is 4.79 Å². The first-order valence-corrected chi connectivity index (χ1v) is 8.42. The van der Waals surface area contributed by atoms with Crippen molar-refractivity contribution < 1.29 is 14.7 Å². The molecule has 0 spiro atoms. The third kappa shape index (κ3) is 3.92. The summed E-state index contributed by atoms with van der Waals surface area (Å²) in [6.07, 6.45) is 4.43. The van der Waals surface area contributed by atoms with Crippen LogP contribution in [0.3, 0.4) is 0 Å². The third-order valence-electron chi connectivity index (χ3n) is 4.97. The molecular formula is C17H29N3O3. The van der Waals surface area contributed by atoms with Crippen molar-refractivity contribution in [3.63, 3.8) is 0 Å². The van der Waals surface area contributed by atoms with Crippen molar-refractivity contribution in [3.05, 3.63) is 17.5 Å². The van der Waals surface area contributed by atoms with E-state index in [1.54, 1.807) is 6.20 Å². The minimum Gasteiger partial charge on any atom is -0.481 e. The topological polar surface area (TPSA) is 84.2 Å². The summed E-state index contributed by atoms with van der Waals surface area (Å²) in [6.45, 7) is 9.87. The monoisotopic (exact) mass is 323 g/mol. The normalized spacial score (nSPS) is 11.7. The SMILES string of the molecule is CCC(CC)n1ncc(C(=O)NCC(CC)(CC)C(=O)O)c1C. The van der Waals surface area contributed by atoms with Crippen molar-refractivity contribution in [1.29, 1.82) is 0 Å². The lowest BCUT2D eigenvalue weighted by atomic mass is 9.82. The average Bonchev–Trinajstić information content (AvgIpc) is 2.91. The standard InChI is InChI=1S/C17H29N3O3/c1-6-13(7-2)20-12(5)14(10-19-20)15(21)18-11-17(8-3,9-4)16(22)23/h10,13H,6-9,11H2,1-5H3,(H,18,21)(H,22,23). The molecule has 0 saturated heterocycles. The van der Waals surface area contributed by atoms with E-state index in [1.165, 1.54) is 0 Å². The smallest absolute Gasteiger partial charge is 0.311 e. The van der Waals surface area contributed by atoms with Gasteiger partial charge in [-0.2, -0.15) is 5.10 Å². The highest BCUT2D eigenvalue weighted by Crippen LogP contribution is 2.26. The highest BCUT2D eigenvalue weighted by molar-refractivity contribution is 5.95. The fourth-order valence-corrected chi connectivity index (χ4v) is 2.87. The fraction of sp³-hybridized carbons (Fsp3) is 0.706. The number of carbonyl (C=O) groups excluding carboxylic acids is 1. The van der Waals surface area contributed by atoms with E-state index in [1.807, 2.05) is 25.5 Å². The van der Waals surface area contributed by atoms with Crippen LogP contribution in [0, 0.1) is 12.3 Å². The maximum Gasteiger partial charge on any atom is 0.311 e. The number of hydrogen-bond acceptors (Lipinski definition) is 3. The van der Waals surface area contributed by atoms with Crippen molar-refractivity contribution in [3.8, 4) is 0 Å². The van der Waals surface area contributed by atoms with E-state index in [2.05, 4.69) is 24.3 Å². The number of carbonyl (C=O) groups is 2. The summed E-state index contributed by atoms with van der Waals surface area (Å²) >= 11 is 0. The van der Waals surface area contributed by atoms with Gasteiger partial charge in [0, 0.05) is 12.2 Å². The molecule has 1 aromatic heterocycles. The summed E-state index contributed by atoms with van der Waals surface area (Å²) in [6, 6.07) is 0.279. The van der Waals surface area contributed by atoms with E-state index in [-0.39, 0.29) is 18.5 Å². The summed E-state index contributed by atoms with van der Waals surface area (Å²) in [7, 11) is 0. The lowest BCUT2D eigenvalue weighted by Crippen LogP contribution is -2.42. The number of amides is 1. The number of aliphatic carboxylic acids is 1. The Hall–Kier alpha value is -1.85. The Labute approximate surface area is 138 Å². The van der Waals surface area contributed by atoms with Gasteiger partial charge >= 0.3 is 5.97 Å². The van der Waals surface area contributed by atoms with E-state index < -0.39 is 11.4 Å². The second kappa shape index (κ2) is 8.13. The van der Waals surface area contributed by atoms with Gasteiger partial charge in [-0.3, -0.25) is 14.3 Å². The molecule has 1 heterocycles. The van der Waals surface area contributed by atoms with Gasteiger partial charge in [-0.15, -0.1) is 0 Å². The number of nitrogens with zero attached hydrogens (tertiary/aromatic N) is 2. The van der Waals surface area contributed by atoms with Gasteiger partial charge in [0.25, 0.3) is 5.91 Å². The Balaban J connectivity index is 2.89. The Morgan fingerprint density at radius 2 is 1.83 bits per heavy atom. The minimum atomic E-state index is -0.908. The number of rotatable bonds is 9. The first-order chi connectivity index (χ1) is 10.9. The molecule has 0 aliphatic rings. The molecule has 6 nitrogen and oxygen atoms in total. The van der Waals surface area contributed by atoms with Crippen molar-refractivity contribution >= 4 is 11.9 Å². The van der Waals surface area contributed by atoms with Gasteiger partial charge in [-0.25, -0.2) is 0 Å². The largest absolute Gasteiger partial charge is 0.481 e. The predicted molar refractivity (Wildman–Crippen MR) is 89.6 cm³/mol. The lowest BCUT2D eigenvalue weighted by molar-refractivity contribution is -0.149. The van der Waals surface area contributed by atoms with E-state index in [9.17, 15) is 14.7 Å². The fourth-order valence-electron chi connectivity index (χ4n) is 2.87. The zero-order valence-electron chi connectivity index (χ0n) is 14.8. The van der Waals surface area contributed by atoms with Gasteiger partial charge in [0.05, 0.1) is 23.2 Å². The molecule has 1 amide bonds. The number of nitrogens with one attached hydrogen (secondary N) is 1. The molecule has 0 aliphatic heterocycles. The number of hydrogen-bond donors (Lipinski definition) is 2. The summed E-state index contributed by atoms with van der Waals surface area (Å²) in [5.41, 5.74) is 0.433. The summed E-state index contributed by atoms with van der Waals surface area (Å²) < 4.78 is 1.89. The predicted octanol–water partition coefficient (Wildman–Crippen LogP) is 3.17. The van der Waals surface area contributed by atoms with Crippen LogP contribution in [0.5, 0.6) is 0 Å². The number of carboxylic acid groups (broad SMARTS) is 1. The van der Waals surface area contributed by atoms with Gasteiger partial charge < -0.3 is 10.4 Å². The molecule has 0 bridgehead atoms. The minimum absolute atomic E-state index is 0.129. The van der Waals surface area contributed by atoms with Gasteiger partial charge in [0.1, 0.15) is 0 Å². The molecule has 0 unspecified atom stereocenters. The highest BCUT2D eigenvalue weighted by Gasteiger charge is 2.35. The van der Waals surface area contributed by atoms with Gasteiger partial charge in [-0.05, 0) is 32.6 Å². The Morgan fingerprint density at radius 1 is 1.26 bits per heavy atom. The van der Waals surface area contributed by atoms with Crippen LogP contribution in [0.4, 0.5) is 0 Å². The van der Waals surface area contributed by atoms with Gasteiger partial charge in [-0.1, -0.05) is 27.7 Å². The summed E-state index contributed by atoms with van der Waals surface area (Å²) in [4.78, 5) is 23.9. The van der Waals surface area contributed by atoms with E-state index in [0.717, 1.165) is 18.5 Å². The van der Waals surface area contributed by atoms with E-state index in [4.69, 9.17) is 0 Å². The molecule has 130 valence electrons. The molecule has 0 radical (unpaired) electrons. The van der Waals surface area contributed by atoms with Gasteiger partial charge in [0.15, 0.2) is 0 Å². The van der Waals surface area contributed by atoms with Crippen LogP contribution in [-0.4, -0.2) is 33.3 Å². The van der Waals surface area contributed by atoms with Gasteiger partial charge in [0.2, 0.25) is 0 Å². The van der Waals surface area contributed by atoms with Crippen LogP contribution in [0.15, 0.2) is 6.20 Å². The first-order valence-electron chi connectivity index (χ1n) is 8.42. The third-order valence-corrected chi connectivity index (χ3v) is 4.97. The highest BCUT2D eigenvalue weighted by atomic mass is 16.4. The average molecular weight is 323 g/mol. The quantitative estimate of drug-likeness (QED) is 0.731. The molecule has 1 aromatic rings. The number of carboxylic acids is 1. The molecule has 23 heavy (non-hydrogen) atoms. The van der Waals surface area contributed by atoms with Crippen molar-refractivity contribution in [2.24, 2.45) is 5.41 Å². The van der Waals surface area contributed by atoms with Crippen molar-refractivity contribution in [2.45, 2.75) is 66.3 Å². The Kier molecular flexibility index (Phi) is 6.79. The van der Waals surface area contributed by atoms with Crippen LogP contribution in [0.2, 0.25) is 0 Å². The first kappa shape index (κ1) is 19.2. The zero-order valence-corrected chi connectivity index (χ0v) is 14.8. The molecule has 0 fully saturated rings. The van der Waals surface area contributed by atoms with Crippen LogP contribution < -0.4 is 5.32 Å².